The molecule has 2 aromatic carbocycles. The predicted molar refractivity (Wildman–Crippen MR) is 113 cm³/mol. The van der Waals surface area contributed by atoms with Crippen LogP contribution in [0.5, 0.6) is 0 Å². The Hall–Kier alpha value is -1.86. The van der Waals surface area contributed by atoms with Gasteiger partial charge >= 0.3 is 0 Å². The van der Waals surface area contributed by atoms with Gasteiger partial charge in [-0.25, -0.2) is 8.42 Å². The zero-order chi connectivity index (χ0) is 20.0. The van der Waals surface area contributed by atoms with E-state index in [1.54, 1.807) is 24.3 Å². The largest absolute Gasteiger partial charge is 0.348 e. The number of hydrogen-bond donors (Lipinski definition) is 1. The maximum Gasteiger partial charge on any atom is 0.241 e. The second-order valence-corrected chi connectivity index (χ2v) is 9.73. The molecule has 2 rings (SSSR count). The number of amides is 1. The summed E-state index contributed by atoms with van der Waals surface area (Å²) in [6, 6.07) is 16.4. The Bertz CT molecular complexity index is 853. The minimum atomic E-state index is -3.59. The van der Waals surface area contributed by atoms with Crippen LogP contribution in [0.2, 0.25) is 0 Å². The van der Waals surface area contributed by atoms with Crippen LogP contribution in [-0.2, 0) is 14.8 Å². The molecule has 1 atom stereocenters. The zero-order valence-corrected chi connectivity index (χ0v) is 18.1. The maximum absolute atomic E-state index is 12.7. The summed E-state index contributed by atoms with van der Waals surface area (Å²) in [7, 11) is -3.59. The lowest BCUT2D eigenvalue weighted by Crippen LogP contribution is -2.41. The summed E-state index contributed by atoms with van der Waals surface area (Å²) in [4.78, 5) is 12.7. The second kappa shape index (κ2) is 9.37. The SMILES string of the molecule is CC(C)C[C@H](NC(=O)CN(c1ccc(Br)cc1)S(C)(=O)=O)c1ccccc1. The minimum Gasteiger partial charge on any atom is -0.348 e. The molecule has 0 radical (unpaired) electrons. The molecule has 5 nitrogen and oxygen atoms in total. The molecule has 0 unspecified atom stereocenters. The van der Waals surface area contributed by atoms with Crippen molar-refractivity contribution in [3.05, 3.63) is 64.6 Å². The highest BCUT2D eigenvalue weighted by molar-refractivity contribution is 9.10. The third kappa shape index (κ3) is 6.66. The monoisotopic (exact) mass is 452 g/mol. The fourth-order valence-electron chi connectivity index (χ4n) is 2.81. The Balaban J connectivity index is 2.19. The Morgan fingerprint density at radius 2 is 1.67 bits per heavy atom. The summed E-state index contributed by atoms with van der Waals surface area (Å²) in [5, 5.41) is 2.99. The van der Waals surface area contributed by atoms with E-state index in [0.717, 1.165) is 27.0 Å². The van der Waals surface area contributed by atoms with Crippen LogP contribution in [0.25, 0.3) is 0 Å². The first-order valence-electron chi connectivity index (χ1n) is 8.74. The third-order valence-corrected chi connectivity index (χ3v) is 5.72. The van der Waals surface area contributed by atoms with Gasteiger partial charge in [0, 0.05) is 4.47 Å². The predicted octanol–water partition coefficient (Wildman–Crippen LogP) is 4.12. The number of nitrogens with one attached hydrogen (secondary N) is 1. The van der Waals surface area contributed by atoms with Gasteiger partial charge in [-0.1, -0.05) is 60.1 Å². The van der Waals surface area contributed by atoms with Crippen LogP contribution >= 0.6 is 15.9 Å². The highest BCUT2D eigenvalue weighted by Crippen LogP contribution is 2.23. The van der Waals surface area contributed by atoms with Crippen LogP contribution in [0.1, 0.15) is 31.9 Å². The molecule has 0 fully saturated rings. The van der Waals surface area contributed by atoms with Crippen molar-refractivity contribution in [1.82, 2.24) is 5.32 Å². The quantitative estimate of drug-likeness (QED) is 0.654. The lowest BCUT2D eigenvalue weighted by Gasteiger charge is -2.25. The summed E-state index contributed by atoms with van der Waals surface area (Å²) in [6.45, 7) is 3.92. The molecule has 0 bridgehead atoms. The molecule has 1 amide bonds. The average Bonchev–Trinajstić information content (AvgIpc) is 2.59. The number of hydrogen-bond acceptors (Lipinski definition) is 3. The molecular weight excluding hydrogens is 428 g/mol. The van der Waals surface area contributed by atoms with E-state index in [1.807, 2.05) is 30.3 Å². The van der Waals surface area contributed by atoms with E-state index in [2.05, 4.69) is 35.1 Å². The molecule has 0 aromatic heterocycles. The normalized spacial score (nSPS) is 12.6. The lowest BCUT2D eigenvalue weighted by molar-refractivity contribution is -0.120. The number of rotatable bonds is 8. The Morgan fingerprint density at radius 1 is 1.07 bits per heavy atom. The Kier molecular flexibility index (Phi) is 7.44. The molecule has 0 aliphatic heterocycles. The Morgan fingerprint density at radius 3 is 2.19 bits per heavy atom. The molecule has 0 spiro atoms. The van der Waals surface area contributed by atoms with Crippen LogP contribution in [0, 0.1) is 5.92 Å². The molecule has 7 heteroatoms. The van der Waals surface area contributed by atoms with Gasteiger partial charge < -0.3 is 5.32 Å². The summed E-state index contributed by atoms with van der Waals surface area (Å²) >= 11 is 3.33. The zero-order valence-electron chi connectivity index (χ0n) is 15.7. The van der Waals surface area contributed by atoms with Gasteiger partial charge in [-0.2, -0.15) is 0 Å². The van der Waals surface area contributed by atoms with Crippen LogP contribution in [-0.4, -0.2) is 27.1 Å². The van der Waals surface area contributed by atoms with Gasteiger partial charge in [-0.3, -0.25) is 9.10 Å². The van der Waals surface area contributed by atoms with Crippen LogP contribution in [0.15, 0.2) is 59.1 Å². The summed E-state index contributed by atoms with van der Waals surface area (Å²) in [5.74, 6) is 0.0471. The van der Waals surface area contributed by atoms with Crippen molar-refractivity contribution in [2.75, 3.05) is 17.1 Å². The molecule has 0 aliphatic rings. The fourth-order valence-corrected chi connectivity index (χ4v) is 3.93. The van der Waals surface area contributed by atoms with Crippen molar-refractivity contribution < 1.29 is 13.2 Å². The highest BCUT2D eigenvalue weighted by Gasteiger charge is 2.23. The van der Waals surface area contributed by atoms with E-state index in [4.69, 9.17) is 0 Å². The van der Waals surface area contributed by atoms with Crippen molar-refractivity contribution >= 4 is 37.5 Å². The van der Waals surface area contributed by atoms with Crippen LogP contribution in [0.3, 0.4) is 0 Å². The van der Waals surface area contributed by atoms with Crippen molar-refractivity contribution in [1.29, 1.82) is 0 Å². The van der Waals surface area contributed by atoms with Crippen molar-refractivity contribution in [3.8, 4) is 0 Å². The number of nitrogens with zero attached hydrogens (tertiary/aromatic N) is 1. The first-order valence-corrected chi connectivity index (χ1v) is 11.4. The summed E-state index contributed by atoms with van der Waals surface area (Å²) in [6.07, 6.45) is 1.87. The van der Waals surface area contributed by atoms with Gasteiger partial charge in [0.1, 0.15) is 6.54 Å². The van der Waals surface area contributed by atoms with Gasteiger partial charge in [0.05, 0.1) is 18.0 Å². The van der Waals surface area contributed by atoms with Crippen LogP contribution in [0.4, 0.5) is 5.69 Å². The van der Waals surface area contributed by atoms with E-state index in [1.165, 1.54) is 0 Å². The number of sulfonamides is 1. The summed E-state index contributed by atoms with van der Waals surface area (Å²) in [5.41, 5.74) is 1.46. The van der Waals surface area contributed by atoms with Crippen molar-refractivity contribution in [3.63, 3.8) is 0 Å². The molecule has 0 saturated heterocycles. The van der Waals surface area contributed by atoms with Gasteiger partial charge in [0.25, 0.3) is 0 Å². The number of anilines is 1. The third-order valence-electron chi connectivity index (χ3n) is 4.05. The first kappa shape index (κ1) is 21.4. The minimum absolute atomic E-state index is 0.162. The fraction of sp³-hybridized carbons (Fsp3) is 0.350. The maximum atomic E-state index is 12.7. The van der Waals surface area contributed by atoms with E-state index in [0.29, 0.717) is 11.6 Å². The first-order chi connectivity index (χ1) is 12.7. The second-order valence-electron chi connectivity index (χ2n) is 6.91. The summed E-state index contributed by atoms with van der Waals surface area (Å²) < 4.78 is 26.4. The molecule has 146 valence electrons. The smallest absolute Gasteiger partial charge is 0.241 e. The highest BCUT2D eigenvalue weighted by atomic mass is 79.9. The van der Waals surface area contributed by atoms with Gasteiger partial charge in [-0.15, -0.1) is 0 Å². The van der Waals surface area contributed by atoms with E-state index in [-0.39, 0.29) is 18.5 Å². The van der Waals surface area contributed by atoms with Crippen LogP contribution < -0.4 is 9.62 Å². The van der Waals surface area contributed by atoms with Gasteiger partial charge in [-0.05, 0) is 42.2 Å². The molecule has 0 aliphatic carbocycles. The molecule has 1 N–H and O–H groups in total. The molecular formula is C20H25BrN2O3S. The molecule has 27 heavy (non-hydrogen) atoms. The Labute approximate surface area is 170 Å². The molecule has 0 heterocycles. The van der Waals surface area contributed by atoms with E-state index in [9.17, 15) is 13.2 Å². The van der Waals surface area contributed by atoms with Crippen molar-refractivity contribution in [2.45, 2.75) is 26.3 Å². The van der Waals surface area contributed by atoms with Crippen molar-refractivity contribution in [2.24, 2.45) is 5.92 Å². The lowest BCUT2D eigenvalue weighted by atomic mass is 9.97. The number of carbonyl (C=O) groups is 1. The number of carbonyl (C=O) groups excluding carboxylic acids is 1. The number of halogens is 1. The number of benzene rings is 2. The van der Waals surface area contributed by atoms with Gasteiger partial charge in [0.2, 0.25) is 15.9 Å². The topological polar surface area (TPSA) is 66.5 Å². The standard InChI is InChI=1S/C20H25BrN2O3S/c1-15(2)13-19(16-7-5-4-6-8-16)22-20(24)14-23(27(3,25)26)18-11-9-17(21)10-12-18/h4-12,15,19H,13-14H2,1-3H3,(H,22,24)/t19-/m0/s1. The average molecular weight is 453 g/mol. The van der Waals surface area contributed by atoms with E-state index < -0.39 is 10.0 Å². The van der Waals surface area contributed by atoms with E-state index >= 15 is 0 Å². The molecule has 2 aromatic rings. The van der Waals surface area contributed by atoms with Gasteiger partial charge in [0.15, 0.2) is 0 Å². The molecule has 0 saturated carbocycles.